The molecule has 0 unspecified atom stereocenters. The van der Waals surface area contributed by atoms with Crippen molar-refractivity contribution in [3.05, 3.63) is 42.2 Å². The maximum absolute atomic E-state index is 10.7. The lowest BCUT2D eigenvalue weighted by molar-refractivity contribution is 0.451. The van der Waals surface area contributed by atoms with E-state index in [-0.39, 0.29) is 5.57 Å². The van der Waals surface area contributed by atoms with Gasteiger partial charge in [-0.1, -0.05) is 30.3 Å². The fraction of sp³-hybridized carbons (Fsp3) is 0.100. The quantitative estimate of drug-likeness (QED) is 0.442. The molecule has 0 saturated carbocycles. The van der Waals surface area contributed by atoms with E-state index in [4.69, 9.17) is 5.26 Å². The van der Waals surface area contributed by atoms with Crippen LogP contribution in [-0.4, -0.2) is 14.7 Å². The Morgan fingerprint density at radius 2 is 2.00 bits per heavy atom. The highest BCUT2D eigenvalue weighted by Gasteiger charge is 2.03. The number of hydrogen-bond donors (Lipinski definition) is 0. The molecule has 0 atom stereocenters. The Hall–Kier alpha value is -1.80. The molecule has 0 aliphatic heterocycles. The topological polar surface area (TPSA) is 67.2 Å². The number of nitriles is 1. The van der Waals surface area contributed by atoms with Gasteiger partial charge in [-0.25, -0.2) is 0 Å². The van der Waals surface area contributed by atoms with E-state index in [9.17, 15) is 8.42 Å². The maximum atomic E-state index is 10.7. The van der Waals surface area contributed by atoms with E-state index in [0.29, 0.717) is 5.56 Å². The van der Waals surface area contributed by atoms with Crippen LogP contribution in [-0.2, 0) is 14.3 Å². The van der Waals surface area contributed by atoms with Crippen LogP contribution in [0, 0.1) is 11.3 Å². The molecule has 0 amide bonds. The van der Waals surface area contributed by atoms with Gasteiger partial charge in [0.2, 0.25) is 0 Å². The molecule has 0 aliphatic rings. The van der Waals surface area contributed by atoms with E-state index >= 15 is 0 Å². The van der Waals surface area contributed by atoms with Gasteiger partial charge in [-0.2, -0.15) is 13.7 Å². The molecule has 0 aliphatic carbocycles. The Morgan fingerprint density at radius 3 is 2.47 bits per heavy atom. The summed E-state index contributed by atoms with van der Waals surface area (Å²) >= 11 is 0. The average molecular weight is 223 g/mol. The number of allylic oxidation sites excluding steroid dienone is 1. The zero-order valence-corrected chi connectivity index (χ0v) is 8.86. The van der Waals surface area contributed by atoms with Gasteiger partial charge < -0.3 is 4.18 Å². The summed E-state index contributed by atoms with van der Waals surface area (Å²) in [5, 5.41) is 8.78. The number of benzene rings is 1. The van der Waals surface area contributed by atoms with Gasteiger partial charge >= 0.3 is 10.1 Å². The first-order valence-corrected chi connectivity index (χ1v) is 5.88. The van der Waals surface area contributed by atoms with Crippen molar-refractivity contribution in [2.45, 2.75) is 0 Å². The Morgan fingerprint density at radius 1 is 1.40 bits per heavy atom. The molecule has 0 spiro atoms. The zero-order chi connectivity index (χ0) is 11.3. The molecule has 0 aromatic heterocycles. The molecule has 0 bridgehead atoms. The highest BCUT2D eigenvalue weighted by atomic mass is 32.2. The lowest BCUT2D eigenvalue weighted by atomic mass is 10.1. The van der Waals surface area contributed by atoms with Crippen molar-refractivity contribution in [2.75, 3.05) is 6.26 Å². The predicted molar refractivity (Wildman–Crippen MR) is 56.0 cm³/mol. The molecule has 0 fully saturated rings. The SMILES string of the molecule is CS(=O)(=O)O/C=C(\C#N)c1ccccc1. The van der Waals surface area contributed by atoms with Gasteiger partial charge in [0.1, 0.15) is 12.3 Å². The summed E-state index contributed by atoms with van der Waals surface area (Å²) in [6.45, 7) is 0. The summed E-state index contributed by atoms with van der Waals surface area (Å²) in [6.07, 6.45) is 1.86. The summed E-state index contributed by atoms with van der Waals surface area (Å²) < 4.78 is 25.8. The van der Waals surface area contributed by atoms with Crippen LogP contribution in [0.4, 0.5) is 0 Å². The van der Waals surface area contributed by atoms with E-state index in [1.165, 1.54) is 0 Å². The fourth-order valence-corrected chi connectivity index (χ4v) is 1.18. The zero-order valence-electron chi connectivity index (χ0n) is 8.04. The van der Waals surface area contributed by atoms with Gasteiger partial charge in [-0.15, -0.1) is 0 Å². The molecule has 0 saturated heterocycles. The van der Waals surface area contributed by atoms with Crippen molar-refractivity contribution in [2.24, 2.45) is 0 Å². The van der Waals surface area contributed by atoms with Crippen molar-refractivity contribution < 1.29 is 12.6 Å². The summed E-state index contributed by atoms with van der Waals surface area (Å²) in [5.74, 6) is 0. The third-order valence-corrected chi connectivity index (χ3v) is 1.99. The van der Waals surface area contributed by atoms with Crippen LogP contribution in [0.25, 0.3) is 5.57 Å². The predicted octanol–water partition coefficient (Wildman–Crippen LogP) is 1.53. The van der Waals surface area contributed by atoms with E-state index in [2.05, 4.69) is 4.18 Å². The van der Waals surface area contributed by atoms with Gasteiger partial charge in [0.25, 0.3) is 0 Å². The smallest absolute Gasteiger partial charge is 0.305 e. The van der Waals surface area contributed by atoms with E-state index < -0.39 is 10.1 Å². The standard InChI is InChI=1S/C10H9NO3S/c1-15(12,13)14-8-10(7-11)9-5-3-2-4-6-9/h2-6,8H,1H3/b10-8+. The summed E-state index contributed by atoms with van der Waals surface area (Å²) in [7, 11) is -3.56. The normalized spacial score (nSPS) is 11.9. The minimum atomic E-state index is -3.56. The third kappa shape index (κ3) is 3.83. The first kappa shape index (κ1) is 11.3. The van der Waals surface area contributed by atoms with E-state index in [1.54, 1.807) is 30.3 Å². The van der Waals surface area contributed by atoms with Crippen LogP contribution in [0.1, 0.15) is 5.56 Å². The highest BCUT2D eigenvalue weighted by molar-refractivity contribution is 7.86. The molecule has 0 radical (unpaired) electrons. The largest absolute Gasteiger partial charge is 0.389 e. The van der Waals surface area contributed by atoms with Gasteiger partial charge in [-0.05, 0) is 5.56 Å². The first-order chi connectivity index (χ1) is 7.03. The van der Waals surface area contributed by atoms with Gasteiger partial charge in [0, 0.05) is 0 Å². The maximum Gasteiger partial charge on any atom is 0.305 e. The number of nitrogens with zero attached hydrogens (tertiary/aromatic N) is 1. The van der Waals surface area contributed by atoms with Crippen molar-refractivity contribution in [1.29, 1.82) is 5.26 Å². The molecule has 1 aromatic rings. The van der Waals surface area contributed by atoms with Gasteiger partial charge in [-0.3, -0.25) is 0 Å². The van der Waals surface area contributed by atoms with Crippen molar-refractivity contribution >= 4 is 15.7 Å². The Labute approximate surface area is 88.5 Å². The summed E-state index contributed by atoms with van der Waals surface area (Å²) in [4.78, 5) is 0. The number of hydrogen-bond acceptors (Lipinski definition) is 4. The first-order valence-electron chi connectivity index (χ1n) is 4.07. The molecule has 1 rings (SSSR count). The molecule has 4 nitrogen and oxygen atoms in total. The van der Waals surface area contributed by atoms with Gasteiger partial charge in [0.05, 0.1) is 11.8 Å². The van der Waals surface area contributed by atoms with E-state index in [0.717, 1.165) is 12.5 Å². The van der Waals surface area contributed by atoms with Crippen molar-refractivity contribution in [3.8, 4) is 6.07 Å². The Balaban J connectivity index is 2.97. The lowest BCUT2D eigenvalue weighted by Crippen LogP contribution is -1.97. The van der Waals surface area contributed by atoms with Crippen LogP contribution in [0.15, 0.2) is 36.6 Å². The van der Waals surface area contributed by atoms with Crippen LogP contribution in [0.5, 0.6) is 0 Å². The monoisotopic (exact) mass is 223 g/mol. The summed E-state index contributed by atoms with van der Waals surface area (Å²) in [6, 6.07) is 10.6. The number of rotatable bonds is 3. The second-order valence-corrected chi connectivity index (χ2v) is 4.41. The molecule has 1 aromatic carbocycles. The molecule has 15 heavy (non-hydrogen) atoms. The minimum Gasteiger partial charge on any atom is -0.389 e. The van der Waals surface area contributed by atoms with E-state index in [1.807, 2.05) is 6.07 Å². The minimum absolute atomic E-state index is 0.168. The van der Waals surface area contributed by atoms with Crippen LogP contribution < -0.4 is 0 Å². The molecular weight excluding hydrogens is 214 g/mol. The second kappa shape index (κ2) is 4.62. The fourth-order valence-electron chi connectivity index (χ4n) is 0.912. The van der Waals surface area contributed by atoms with Crippen LogP contribution in [0.2, 0.25) is 0 Å². The van der Waals surface area contributed by atoms with Crippen LogP contribution >= 0.6 is 0 Å². The molecule has 5 heteroatoms. The van der Waals surface area contributed by atoms with Crippen molar-refractivity contribution in [1.82, 2.24) is 0 Å². The van der Waals surface area contributed by atoms with Crippen molar-refractivity contribution in [3.63, 3.8) is 0 Å². The highest BCUT2D eigenvalue weighted by Crippen LogP contribution is 2.13. The Kier molecular flexibility index (Phi) is 3.47. The molecule has 0 heterocycles. The summed E-state index contributed by atoms with van der Waals surface area (Å²) in [5.41, 5.74) is 0.782. The third-order valence-electron chi connectivity index (χ3n) is 1.55. The van der Waals surface area contributed by atoms with Gasteiger partial charge in [0.15, 0.2) is 0 Å². The molecule has 0 N–H and O–H groups in total. The molecular formula is C10H9NO3S. The average Bonchev–Trinajstić information content (AvgIpc) is 2.19. The Bertz CT molecular complexity index is 497. The van der Waals surface area contributed by atoms with Crippen LogP contribution in [0.3, 0.4) is 0 Å². The molecule has 78 valence electrons. The second-order valence-electron chi connectivity index (χ2n) is 2.81. The lowest BCUT2D eigenvalue weighted by Gasteiger charge is -1.99.